The molecule has 0 aromatic heterocycles. The molecular formula is C17H27BrO2. The van der Waals surface area contributed by atoms with Crippen LogP contribution in [-0.4, -0.2) is 19.0 Å². The molecule has 0 aliphatic heterocycles. The molecule has 0 saturated heterocycles. The molecule has 114 valence electrons. The number of halogens is 1. The lowest BCUT2D eigenvalue weighted by molar-refractivity contribution is 0.116. The minimum absolute atomic E-state index is 0.683. The maximum atomic E-state index is 5.70. The Hall–Kier alpha value is -0.540. The van der Waals surface area contributed by atoms with Crippen molar-refractivity contribution >= 4 is 15.9 Å². The van der Waals surface area contributed by atoms with Gasteiger partial charge in [0.05, 0.1) is 13.7 Å². The van der Waals surface area contributed by atoms with Gasteiger partial charge in [-0.25, -0.2) is 0 Å². The minimum atomic E-state index is 0.683. The third-order valence-electron chi connectivity index (χ3n) is 3.33. The fourth-order valence-electron chi connectivity index (χ4n) is 2.13. The van der Waals surface area contributed by atoms with Crippen molar-refractivity contribution in [1.29, 1.82) is 0 Å². The highest BCUT2D eigenvalue weighted by molar-refractivity contribution is 9.09. The Kier molecular flexibility index (Phi) is 10.7. The van der Waals surface area contributed by atoms with Crippen LogP contribution >= 0.6 is 15.9 Å². The van der Waals surface area contributed by atoms with Gasteiger partial charge in [0.2, 0.25) is 0 Å². The molecule has 3 heteroatoms. The largest absolute Gasteiger partial charge is 0.497 e. The average molecular weight is 343 g/mol. The second-order valence-corrected chi connectivity index (χ2v) is 5.86. The van der Waals surface area contributed by atoms with Crippen LogP contribution in [0.15, 0.2) is 24.3 Å². The van der Waals surface area contributed by atoms with Crippen molar-refractivity contribution in [2.24, 2.45) is 0 Å². The second-order valence-electron chi connectivity index (χ2n) is 5.07. The van der Waals surface area contributed by atoms with Gasteiger partial charge >= 0.3 is 0 Å². The van der Waals surface area contributed by atoms with E-state index in [2.05, 4.69) is 22.0 Å². The van der Waals surface area contributed by atoms with Gasteiger partial charge in [-0.3, -0.25) is 0 Å². The zero-order valence-electron chi connectivity index (χ0n) is 12.6. The fraction of sp³-hybridized carbons (Fsp3) is 0.647. The number of rotatable bonds is 12. The van der Waals surface area contributed by atoms with Gasteiger partial charge in [0.1, 0.15) is 5.75 Å². The van der Waals surface area contributed by atoms with E-state index in [-0.39, 0.29) is 0 Å². The first kappa shape index (κ1) is 17.5. The Morgan fingerprint density at radius 1 is 0.950 bits per heavy atom. The van der Waals surface area contributed by atoms with E-state index in [1.165, 1.54) is 50.5 Å². The van der Waals surface area contributed by atoms with E-state index in [0.29, 0.717) is 6.61 Å². The molecular weight excluding hydrogens is 316 g/mol. The van der Waals surface area contributed by atoms with Crippen LogP contribution in [0.5, 0.6) is 5.75 Å². The summed E-state index contributed by atoms with van der Waals surface area (Å²) in [6.45, 7) is 1.54. The van der Waals surface area contributed by atoms with Gasteiger partial charge < -0.3 is 9.47 Å². The molecule has 0 spiro atoms. The van der Waals surface area contributed by atoms with E-state index in [1.54, 1.807) is 7.11 Å². The molecule has 0 fully saturated rings. The average Bonchev–Trinajstić information content (AvgIpc) is 2.49. The van der Waals surface area contributed by atoms with Gasteiger partial charge in [-0.05, 0) is 30.5 Å². The molecule has 0 aliphatic rings. The van der Waals surface area contributed by atoms with Gasteiger partial charge in [-0.15, -0.1) is 0 Å². The summed E-state index contributed by atoms with van der Waals surface area (Å²) in [6.07, 6.45) is 9.19. The van der Waals surface area contributed by atoms with Crippen LogP contribution < -0.4 is 4.74 Å². The molecule has 0 amide bonds. The SMILES string of the molecule is COc1cccc(COCCCCCCCCCBr)c1. The van der Waals surface area contributed by atoms with Crippen LogP contribution in [-0.2, 0) is 11.3 Å². The first-order chi connectivity index (χ1) is 9.86. The van der Waals surface area contributed by atoms with Crippen molar-refractivity contribution in [3.05, 3.63) is 29.8 Å². The van der Waals surface area contributed by atoms with Crippen LogP contribution in [0.25, 0.3) is 0 Å². The summed E-state index contributed by atoms with van der Waals surface area (Å²) in [5.41, 5.74) is 1.18. The van der Waals surface area contributed by atoms with E-state index in [9.17, 15) is 0 Å². The van der Waals surface area contributed by atoms with Gasteiger partial charge in [-0.2, -0.15) is 0 Å². The van der Waals surface area contributed by atoms with Gasteiger partial charge in [0, 0.05) is 11.9 Å². The van der Waals surface area contributed by atoms with Crippen LogP contribution in [0.3, 0.4) is 0 Å². The summed E-state index contributed by atoms with van der Waals surface area (Å²) >= 11 is 3.46. The lowest BCUT2D eigenvalue weighted by Gasteiger charge is -2.06. The number of ether oxygens (including phenoxy) is 2. The molecule has 0 radical (unpaired) electrons. The maximum Gasteiger partial charge on any atom is 0.119 e. The third kappa shape index (κ3) is 8.60. The molecule has 0 bridgehead atoms. The maximum absolute atomic E-state index is 5.70. The molecule has 0 atom stereocenters. The van der Waals surface area contributed by atoms with Crippen molar-refractivity contribution in [2.45, 2.75) is 51.6 Å². The Labute approximate surface area is 132 Å². The van der Waals surface area contributed by atoms with Crippen LogP contribution in [0.4, 0.5) is 0 Å². The highest BCUT2D eigenvalue weighted by atomic mass is 79.9. The molecule has 1 aromatic rings. The van der Waals surface area contributed by atoms with Crippen LogP contribution in [0, 0.1) is 0 Å². The van der Waals surface area contributed by atoms with Crippen LogP contribution in [0.2, 0.25) is 0 Å². The molecule has 2 nitrogen and oxygen atoms in total. The monoisotopic (exact) mass is 342 g/mol. The minimum Gasteiger partial charge on any atom is -0.497 e. The normalized spacial score (nSPS) is 10.7. The summed E-state index contributed by atoms with van der Waals surface area (Å²) < 4.78 is 10.9. The highest BCUT2D eigenvalue weighted by Crippen LogP contribution is 2.13. The first-order valence-corrected chi connectivity index (χ1v) is 8.75. The van der Waals surface area contributed by atoms with Crippen molar-refractivity contribution in [1.82, 2.24) is 0 Å². The van der Waals surface area contributed by atoms with Gasteiger partial charge in [-0.1, -0.05) is 60.2 Å². The predicted octanol–water partition coefficient (Wildman–Crippen LogP) is 5.34. The van der Waals surface area contributed by atoms with E-state index in [4.69, 9.17) is 9.47 Å². The lowest BCUT2D eigenvalue weighted by atomic mass is 10.1. The Balaban J connectivity index is 1.94. The van der Waals surface area contributed by atoms with Crippen molar-refractivity contribution in [3.63, 3.8) is 0 Å². The summed E-state index contributed by atoms with van der Waals surface area (Å²) in [7, 11) is 1.69. The van der Waals surface area contributed by atoms with E-state index in [1.807, 2.05) is 18.2 Å². The molecule has 0 saturated carbocycles. The number of hydrogen-bond acceptors (Lipinski definition) is 2. The molecule has 20 heavy (non-hydrogen) atoms. The standard InChI is InChI=1S/C17H27BrO2/c1-19-17-11-9-10-16(14-17)15-20-13-8-6-4-2-3-5-7-12-18/h9-11,14H,2-8,12-13,15H2,1H3. The summed E-state index contributed by atoms with van der Waals surface area (Å²) in [5, 5.41) is 1.14. The highest BCUT2D eigenvalue weighted by Gasteiger charge is 1.96. The smallest absolute Gasteiger partial charge is 0.119 e. The number of methoxy groups -OCH3 is 1. The molecule has 1 aromatic carbocycles. The quantitative estimate of drug-likeness (QED) is 0.377. The van der Waals surface area contributed by atoms with E-state index in [0.717, 1.165) is 17.7 Å². The van der Waals surface area contributed by atoms with E-state index < -0.39 is 0 Å². The lowest BCUT2D eigenvalue weighted by Crippen LogP contribution is -1.96. The summed E-state index contributed by atoms with van der Waals surface area (Å²) in [6, 6.07) is 8.07. The number of hydrogen-bond donors (Lipinski definition) is 0. The topological polar surface area (TPSA) is 18.5 Å². The van der Waals surface area contributed by atoms with Gasteiger partial charge in [0.15, 0.2) is 0 Å². The number of unbranched alkanes of at least 4 members (excludes halogenated alkanes) is 6. The van der Waals surface area contributed by atoms with Gasteiger partial charge in [0.25, 0.3) is 0 Å². The predicted molar refractivity (Wildman–Crippen MR) is 88.8 cm³/mol. The first-order valence-electron chi connectivity index (χ1n) is 7.63. The molecule has 1 rings (SSSR count). The Bertz CT molecular complexity index is 342. The Morgan fingerprint density at radius 2 is 1.65 bits per heavy atom. The number of benzene rings is 1. The Morgan fingerprint density at radius 3 is 2.35 bits per heavy atom. The van der Waals surface area contributed by atoms with Crippen molar-refractivity contribution < 1.29 is 9.47 Å². The third-order valence-corrected chi connectivity index (χ3v) is 3.89. The second kappa shape index (κ2) is 12.2. The van der Waals surface area contributed by atoms with Crippen LogP contribution in [0.1, 0.15) is 50.5 Å². The number of alkyl halides is 1. The molecule has 0 heterocycles. The molecule has 0 aliphatic carbocycles. The molecule has 0 unspecified atom stereocenters. The van der Waals surface area contributed by atoms with E-state index >= 15 is 0 Å². The molecule has 0 N–H and O–H groups in total. The fourth-order valence-corrected chi connectivity index (χ4v) is 2.53. The van der Waals surface area contributed by atoms with Crippen molar-refractivity contribution in [2.75, 3.05) is 19.0 Å². The van der Waals surface area contributed by atoms with Crippen molar-refractivity contribution in [3.8, 4) is 5.75 Å². The zero-order chi connectivity index (χ0) is 14.5. The zero-order valence-corrected chi connectivity index (χ0v) is 14.2. The summed E-state index contributed by atoms with van der Waals surface area (Å²) in [4.78, 5) is 0. The summed E-state index contributed by atoms with van der Waals surface area (Å²) in [5.74, 6) is 0.898.